The summed E-state index contributed by atoms with van der Waals surface area (Å²) in [6.07, 6.45) is 7.38. The summed E-state index contributed by atoms with van der Waals surface area (Å²) in [6.45, 7) is 8.30. The summed E-state index contributed by atoms with van der Waals surface area (Å²) in [5.41, 5.74) is 2.68. The van der Waals surface area contributed by atoms with Crippen molar-refractivity contribution in [1.29, 1.82) is 0 Å². The monoisotopic (exact) mass is 387 g/mol. The lowest BCUT2D eigenvalue weighted by atomic mass is 10.2. The lowest BCUT2D eigenvalue weighted by Gasteiger charge is -2.17. The van der Waals surface area contributed by atoms with E-state index in [4.69, 9.17) is 9.97 Å². The molecule has 0 saturated heterocycles. The summed E-state index contributed by atoms with van der Waals surface area (Å²) in [5, 5.41) is 8.88. The van der Waals surface area contributed by atoms with E-state index < -0.39 is 0 Å². The van der Waals surface area contributed by atoms with Gasteiger partial charge in [-0.05, 0) is 37.4 Å². The number of hydrogen-bond acceptors (Lipinski definition) is 6. The van der Waals surface area contributed by atoms with E-state index in [0.29, 0.717) is 5.82 Å². The van der Waals surface area contributed by atoms with Gasteiger partial charge in [0.25, 0.3) is 0 Å². The second-order valence-corrected chi connectivity index (χ2v) is 6.80. The molecule has 0 atom stereocenters. The first kappa shape index (κ1) is 19.0. The first-order valence-electron chi connectivity index (χ1n) is 9.96. The van der Waals surface area contributed by atoms with Crippen LogP contribution in [-0.2, 0) is 6.54 Å². The molecule has 4 rings (SSSR count). The largest absolute Gasteiger partial charge is 0.337 e. The third-order valence-electron chi connectivity index (χ3n) is 4.96. The maximum atomic E-state index is 4.77. The van der Waals surface area contributed by atoms with Crippen LogP contribution in [0.3, 0.4) is 0 Å². The van der Waals surface area contributed by atoms with Crippen molar-refractivity contribution in [3.63, 3.8) is 0 Å². The Hall–Kier alpha value is -3.32. The molecule has 0 spiro atoms. The van der Waals surface area contributed by atoms with Gasteiger partial charge in [0.2, 0.25) is 0 Å². The van der Waals surface area contributed by atoms with Gasteiger partial charge in [-0.3, -0.25) is 9.67 Å². The highest BCUT2D eigenvalue weighted by Gasteiger charge is 2.11. The van der Waals surface area contributed by atoms with Crippen LogP contribution < -0.4 is 5.32 Å². The van der Waals surface area contributed by atoms with E-state index in [1.807, 2.05) is 53.5 Å². The molecule has 0 bridgehead atoms. The van der Waals surface area contributed by atoms with Gasteiger partial charge >= 0.3 is 0 Å². The second kappa shape index (κ2) is 8.79. The molecule has 1 N–H and O–H groups in total. The molecule has 0 radical (unpaired) electrons. The van der Waals surface area contributed by atoms with E-state index in [1.165, 1.54) is 0 Å². The number of anilines is 2. The molecule has 0 fully saturated rings. The Balaban J connectivity index is 1.61. The van der Waals surface area contributed by atoms with Gasteiger partial charge in [0.05, 0.1) is 23.9 Å². The molecule has 0 aliphatic carbocycles. The number of hydrogen-bond donors (Lipinski definition) is 1. The van der Waals surface area contributed by atoms with Crippen LogP contribution in [0.4, 0.5) is 11.5 Å². The molecular formula is C22H25N7. The van der Waals surface area contributed by atoms with Crippen LogP contribution in [0.5, 0.6) is 0 Å². The average Bonchev–Trinajstić information content (AvgIpc) is 3.22. The number of para-hydroxylation sites is 1. The number of pyridine rings is 1. The number of nitrogens with one attached hydrogen (secondary N) is 1. The molecule has 1 aromatic carbocycles. The third kappa shape index (κ3) is 4.41. The first-order valence-corrected chi connectivity index (χ1v) is 9.96. The molecule has 3 heterocycles. The van der Waals surface area contributed by atoms with Crippen LogP contribution in [-0.4, -0.2) is 49.3 Å². The summed E-state index contributed by atoms with van der Waals surface area (Å²) >= 11 is 0. The van der Waals surface area contributed by atoms with Crippen molar-refractivity contribution in [2.45, 2.75) is 20.4 Å². The van der Waals surface area contributed by atoms with E-state index in [9.17, 15) is 0 Å². The Labute approximate surface area is 170 Å². The van der Waals surface area contributed by atoms with Gasteiger partial charge in [-0.2, -0.15) is 5.10 Å². The molecular weight excluding hydrogens is 362 g/mol. The molecule has 7 heteroatoms. The topological polar surface area (TPSA) is 71.8 Å². The van der Waals surface area contributed by atoms with Crippen LogP contribution >= 0.6 is 0 Å². The van der Waals surface area contributed by atoms with Gasteiger partial charge in [-0.1, -0.05) is 26.0 Å². The Kier molecular flexibility index (Phi) is 5.76. The smallest absolute Gasteiger partial charge is 0.163 e. The van der Waals surface area contributed by atoms with Gasteiger partial charge < -0.3 is 10.2 Å². The minimum absolute atomic E-state index is 0.647. The highest BCUT2D eigenvalue weighted by Crippen LogP contribution is 2.26. The highest BCUT2D eigenvalue weighted by molar-refractivity contribution is 5.92. The van der Waals surface area contributed by atoms with Crippen LogP contribution in [0.2, 0.25) is 0 Å². The van der Waals surface area contributed by atoms with E-state index in [2.05, 4.69) is 34.1 Å². The maximum Gasteiger partial charge on any atom is 0.163 e. The Morgan fingerprint density at radius 2 is 1.86 bits per heavy atom. The fourth-order valence-corrected chi connectivity index (χ4v) is 3.27. The number of nitrogens with zero attached hydrogens (tertiary/aromatic N) is 6. The molecule has 0 amide bonds. The zero-order valence-corrected chi connectivity index (χ0v) is 16.8. The average molecular weight is 387 g/mol. The molecule has 0 saturated carbocycles. The summed E-state index contributed by atoms with van der Waals surface area (Å²) < 4.78 is 1.96. The van der Waals surface area contributed by atoms with Gasteiger partial charge in [0.1, 0.15) is 5.82 Å². The van der Waals surface area contributed by atoms with E-state index in [0.717, 1.165) is 54.2 Å². The van der Waals surface area contributed by atoms with Crippen LogP contribution in [0.1, 0.15) is 13.8 Å². The minimum Gasteiger partial charge on any atom is -0.337 e. The zero-order valence-electron chi connectivity index (χ0n) is 16.8. The molecule has 0 aliphatic rings. The fraction of sp³-hybridized carbons (Fsp3) is 0.273. The normalized spacial score (nSPS) is 11.3. The highest BCUT2D eigenvalue weighted by atomic mass is 15.3. The molecule has 3 aromatic heterocycles. The standard InChI is InChI=1S/C22H25N7/c1-3-28(4-2)12-13-29-16-18(15-24-29)25-22-19-9-5-6-10-20(19)26-21(27-22)17-8-7-11-23-14-17/h5-11,14-16H,3-4,12-13H2,1-2H3,(H,25,26,27). The summed E-state index contributed by atoms with van der Waals surface area (Å²) in [6, 6.07) is 11.9. The summed E-state index contributed by atoms with van der Waals surface area (Å²) in [7, 11) is 0. The zero-order chi connectivity index (χ0) is 20.1. The number of aromatic nitrogens is 5. The molecule has 148 valence electrons. The van der Waals surface area contributed by atoms with Gasteiger partial charge in [0.15, 0.2) is 5.82 Å². The predicted octanol–water partition coefficient (Wildman–Crippen LogP) is 3.97. The number of fused-ring (bicyclic) bond motifs is 1. The quantitative estimate of drug-likeness (QED) is 0.493. The molecule has 0 aliphatic heterocycles. The predicted molar refractivity (Wildman–Crippen MR) is 116 cm³/mol. The summed E-state index contributed by atoms with van der Waals surface area (Å²) in [4.78, 5) is 16.0. The Bertz CT molecular complexity index is 1070. The molecule has 7 nitrogen and oxygen atoms in total. The SMILES string of the molecule is CCN(CC)CCn1cc(Nc2nc(-c3cccnc3)nc3ccccc23)cn1. The van der Waals surface area contributed by atoms with Crippen LogP contribution in [0.15, 0.2) is 61.2 Å². The molecule has 29 heavy (non-hydrogen) atoms. The van der Waals surface area contributed by atoms with Crippen molar-refractivity contribution < 1.29 is 0 Å². The van der Waals surface area contributed by atoms with Crippen molar-refractivity contribution in [3.8, 4) is 11.4 Å². The molecule has 4 aromatic rings. The van der Waals surface area contributed by atoms with E-state index >= 15 is 0 Å². The Morgan fingerprint density at radius 3 is 2.66 bits per heavy atom. The first-order chi connectivity index (χ1) is 14.3. The number of likely N-dealkylation sites (N-methyl/N-ethyl adjacent to an activating group) is 1. The lowest BCUT2D eigenvalue weighted by Crippen LogP contribution is -2.27. The number of benzene rings is 1. The number of rotatable bonds is 8. The van der Waals surface area contributed by atoms with Crippen molar-refractivity contribution in [2.24, 2.45) is 0 Å². The van der Waals surface area contributed by atoms with Crippen molar-refractivity contribution in [1.82, 2.24) is 29.6 Å². The van der Waals surface area contributed by atoms with Crippen molar-refractivity contribution >= 4 is 22.4 Å². The van der Waals surface area contributed by atoms with Crippen LogP contribution in [0.25, 0.3) is 22.3 Å². The van der Waals surface area contributed by atoms with E-state index in [-0.39, 0.29) is 0 Å². The third-order valence-corrected chi connectivity index (χ3v) is 4.96. The maximum absolute atomic E-state index is 4.77. The molecule has 0 unspecified atom stereocenters. The van der Waals surface area contributed by atoms with Gasteiger partial charge in [-0.15, -0.1) is 0 Å². The van der Waals surface area contributed by atoms with E-state index in [1.54, 1.807) is 12.4 Å². The second-order valence-electron chi connectivity index (χ2n) is 6.80. The minimum atomic E-state index is 0.647. The Morgan fingerprint density at radius 1 is 1.00 bits per heavy atom. The van der Waals surface area contributed by atoms with Crippen molar-refractivity contribution in [2.75, 3.05) is 25.0 Å². The van der Waals surface area contributed by atoms with Gasteiger partial charge in [0, 0.05) is 36.1 Å². The van der Waals surface area contributed by atoms with Crippen molar-refractivity contribution in [3.05, 3.63) is 61.2 Å². The fourth-order valence-electron chi connectivity index (χ4n) is 3.27. The van der Waals surface area contributed by atoms with Crippen LogP contribution in [0, 0.1) is 0 Å². The van der Waals surface area contributed by atoms with Gasteiger partial charge in [-0.25, -0.2) is 9.97 Å². The summed E-state index contributed by atoms with van der Waals surface area (Å²) in [5.74, 6) is 1.41. The lowest BCUT2D eigenvalue weighted by molar-refractivity contribution is 0.285.